The molecular formula is C20H21ClN4O2. The lowest BCUT2D eigenvalue weighted by molar-refractivity contribution is 0.0993. The number of nitrogens with one attached hydrogen (secondary N) is 1. The van der Waals surface area contributed by atoms with Crippen molar-refractivity contribution in [3.05, 3.63) is 70.8 Å². The Morgan fingerprint density at radius 3 is 2.81 bits per heavy atom. The minimum absolute atomic E-state index is 0.296. The number of furan rings is 1. The van der Waals surface area contributed by atoms with Crippen molar-refractivity contribution < 1.29 is 9.21 Å². The van der Waals surface area contributed by atoms with E-state index in [1.165, 1.54) is 12.8 Å². The lowest BCUT2D eigenvalue weighted by Crippen LogP contribution is -2.18. The van der Waals surface area contributed by atoms with Crippen molar-refractivity contribution in [3.63, 3.8) is 0 Å². The van der Waals surface area contributed by atoms with Gasteiger partial charge >= 0.3 is 0 Å². The summed E-state index contributed by atoms with van der Waals surface area (Å²) in [4.78, 5) is 14.7. The molecular weight excluding hydrogens is 364 g/mol. The van der Waals surface area contributed by atoms with E-state index in [9.17, 15) is 4.79 Å². The van der Waals surface area contributed by atoms with Crippen molar-refractivity contribution >= 4 is 23.3 Å². The van der Waals surface area contributed by atoms with Gasteiger partial charge in [0, 0.05) is 17.3 Å². The van der Waals surface area contributed by atoms with Gasteiger partial charge in [-0.1, -0.05) is 23.7 Å². The number of nitrogens with zero attached hydrogens (tertiary/aromatic N) is 3. The van der Waals surface area contributed by atoms with E-state index in [1.807, 2.05) is 36.5 Å². The summed E-state index contributed by atoms with van der Waals surface area (Å²) in [5.74, 6) is 1.30. The van der Waals surface area contributed by atoms with E-state index in [0.717, 1.165) is 31.0 Å². The summed E-state index contributed by atoms with van der Waals surface area (Å²) in [6.45, 7) is 3.51. The van der Waals surface area contributed by atoms with Gasteiger partial charge < -0.3 is 9.73 Å². The van der Waals surface area contributed by atoms with E-state index in [2.05, 4.69) is 15.3 Å². The minimum atomic E-state index is -0.296. The van der Waals surface area contributed by atoms with Crippen LogP contribution in [0.15, 0.2) is 53.1 Å². The SMILES string of the molecule is O=C(Nc1ccn(Cc2cccc(Cl)c2)n1)c1ccc(CN2CCCC2)o1. The number of aromatic nitrogens is 2. The lowest BCUT2D eigenvalue weighted by Gasteiger charge is -2.11. The number of rotatable bonds is 6. The van der Waals surface area contributed by atoms with E-state index in [4.69, 9.17) is 16.0 Å². The number of anilines is 1. The zero-order valence-electron chi connectivity index (χ0n) is 14.9. The molecule has 1 fully saturated rings. The van der Waals surface area contributed by atoms with Gasteiger partial charge in [0.2, 0.25) is 0 Å². The van der Waals surface area contributed by atoms with E-state index in [-0.39, 0.29) is 5.91 Å². The Bertz CT molecular complexity index is 927. The minimum Gasteiger partial charge on any atom is -0.455 e. The van der Waals surface area contributed by atoms with E-state index < -0.39 is 0 Å². The first-order valence-electron chi connectivity index (χ1n) is 9.06. The number of hydrogen-bond acceptors (Lipinski definition) is 4. The summed E-state index contributed by atoms with van der Waals surface area (Å²) in [5.41, 5.74) is 1.04. The van der Waals surface area contributed by atoms with Crippen LogP contribution in [-0.4, -0.2) is 33.7 Å². The second-order valence-corrected chi connectivity index (χ2v) is 7.17. The van der Waals surface area contributed by atoms with Gasteiger partial charge in [-0.15, -0.1) is 0 Å². The topological polar surface area (TPSA) is 63.3 Å². The molecule has 1 saturated heterocycles. The van der Waals surface area contributed by atoms with Crippen LogP contribution in [0.2, 0.25) is 5.02 Å². The highest BCUT2D eigenvalue weighted by molar-refractivity contribution is 6.30. The Balaban J connectivity index is 1.35. The first kappa shape index (κ1) is 17.8. The molecule has 0 atom stereocenters. The number of halogens is 1. The second kappa shape index (κ2) is 7.98. The molecule has 1 aliphatic heterocycles. The first-order chi connectivity index (χ1) is 13.2. The van der Waals surface area contributed by atoms with Gasteiger partial charge in [0.1, 0.15) is 5.76 Å². The fourth-order valence-electron chi connectivity index (χ4n) is 3.26. The van der Waals surface area contributed by atoms with Gasteiger partial charge in [-0.3, -0.25) is 14.4 Å². The third-order valence-electron chi connectivity index (χ3n) is 4.58. The van der Waals surface area contributed by atoms with Gasteiger partial charge in [-0.2, -0.15) is 5.10 Å². The number of carbonyl (C=O) groups excluding carboxylic acids is 1. The molecule has 1 N–H and O–H groups in total. The van der Waals surface area contributed by atoms with Crippen LogP contribution in [0.5, 0.6) is 0 Å². The Hall–Kier alpha value is -2.57. The fourth-order valence-corrected chi connectivity index (χ4v) is 3.48. The molecule has 3 heterocycles. The molecule has 1 aliphatic rings. The molecule has 0 spiro atoms. The third-order valence-corrected chi connectivity index (χ3v) is 4.81. The quantitative estimate of drug-likeness (QED) is 0.697. The zero-order valence-corrected chi connectivity index (χ0v) is 15.7. The molecule has 6 nitrogen and oxygen atoms in total. The molecule has 0 aliphatic carbocycles. The highest BCUT2D eigenvalue weighted by Crippen LogP contribution is 2.17. The van der Waals surface area contributed by atoms with Crippen LogP contribution in [0.25, 0.3) is 0 Å². The normalized spacial score (nSPS) is 14.6. The molecule has 0 radical (unpaired) electrons. The molecule has 7 heteroatoms. The largest absolute Gasteiger partial charge is 0.455 e. The van der Waals surface area contributed by atoms with Gasteiger partial charge in [0.05, 0.1) is 13.1 Å². The third kappa shape index (κ3) is 4.59. The zero-order chi connectivity index (χ0) is 18.6. The molecule has 1 aromatic carbocycles. The van der Waals surface area contributed by atoms with Gasteiger partial charge in [-0.25, -0.2) is 0 Å². The smallest absolute Gasteiger partial charge is 0.292 e. The predicted octanol–water partition coefficient (Wildman–Crippen LogP) is 4.03. The van der Waals surface area contributed by atoms with Gasteiger partial charge in [0.25, 0.3) is 5.91 Å². The molecule has 0 unspecified atom stereocenters. The Labute approximate surface area is 162 Å². The highest BCUT2D eigenvalue weighted by Gasteiger charge is 2.16. The molecule has 1 amide bonds. The lowest BCUT2D eigenvalue weighted by atomic mass is 10.2. The summed E-state index contributed by atoms with van der Waals surface area (Å²) in [6.07, 6.45) is 4.27. The predicted molar refractivity (Wildman–Crippen MR) is 104 cm³/mol. The van der Waals surface area contributed by atoms with Crippen LogP contribution in [0.1, 0.15) is 34.7 Å². The summed E-state index contributed by atoms with van der Waals surface area (Å²) >= 11 is 6.01. The molecule has 3 aromatic rings. The van der Waals surface area contributed by atoms with Crippen LogP contribution in [0.4, 0.5) is 5.82 Å². The van der Waals surface area contributed by atoms with E-state index >= 15 is 0 Å². The number of carbonyl (C=O) groups is 1. The van der Waals surface area contributed by atoms with Crippen LogP contribution in [0, 0.1) is 0 Å². The van der Waals surface area contributed by atoms with Crippen LogP contribution in [-0.2, 0) is 13.1 Å². The Kier molecular flexibility index (Phi) is 5.27. The highest BCUT2D eigenvalue weighted by atomic mass is 35.5. The monoisotopic (exact) mass is 384 g/mol. The van der Waals surface area contributed by atoms with Crippen molar-refractivity contribution in [1.82, 2.24) is 14.7 Å². The average molecular weight is 385 g/mol. The van der Waals surface area contributed by atoms with Crippen molar-refractivity contribution in [2.75, 3.05) is 18.4 Å². The number of likely N-dealkylation sites (tertiary alicyclic amines) is 1. The molecule has 27 heavy (non-hydrogen) atoms. The van der Waals surface area contributed by atoms with Gasteiger partial charge in [-0.05, 0) is 55.8 Å². The molecule has 140 valence electrons. The maximum Gasteiger partial charge on any atom is 0.292 e. The van der Waals surface area contributed by atoms with Crippen molar-refractivity contribution in [1.29, 1.82) is 0 Å². The van der Waals surface area contributed by atoms with Crippen LogP contribution < -0.4 is 5.32 Å². The van der Waals surface area contributed by atoms with Crippen molar-refractivity contribution in [2.24, 2.45) is 0 Å². The van der Waals surface area contributed by atoms with Crippen molar-refractivity contribution in [3.8, 4) is 0 Å². The average Bonchev–Trinajstić information content (AvgIpc) is 3.38. The molecule has 4 rings (SSSR count). The first-order valence-corrected chi connectivity index (χ1v) is 9.44. The van der Waals surface area contributed by atoms with Crippen LogP contribution in [0.3, 0.4) is 0 Å². The fraction of sp³-hybridized carbons (Fsp3) is 0.300. The van der Waals surface area contributed by atoms with E-state index in [1.54, 1.807) is 16.8 Å². The molecule has 0 bridgehead atoms. The number of benzene rings is 1. The standard InChI is InChI=1S/C20H21ClN4O2/c21-16-5-3-4-15(12-16)13-25-11-8-19(23-25)22-20(26)18-7-6-17(27-18)14-24-9-1-2-10-24/h3-8,11-12H,1-2,9-10,13-14H2,(H,22,23,26). The number of amides is 1. The van der Waals surface area contributed by atoms with Gasteiger partial charge in [0.15, 0.2) is 11.6 Å². The summed E-state index contributed by atoms with van der Waals surface area (Å²) in [5, 5.41) is 7.85. The maximum absolute atomic E-state index is 12.4. The molecule has 2 aromatic heterocycles. The van der Waals surface area contributed by atoms with Crippen LogP contribution >= 0.6 is 11.6 Å². The van der Waals surface area contributed by atoms with E-state index in [0.29, 0.717) is 23.1 Å². The maximum atomic E-state index is 12.4. The summed E-state index contributed by atoms with van der Waals surface area (Å²) < 4.78 is 7.44. The second-order valence-electron chi connectivity index (χ2n) is 6.73. The van der Waals surface area contributed by atoms with Crippen molar-refractivity contribution in [2.45, 2.75) is 25.9 Å². The Morgan fingerprint density at radius 1 is 1.15 bits per heavy atom. The summed E-state index contributed by atoms with van der Waals surface area (Å²) in [7, 11) is 0. The number of hydrogen-bond donors (Lipinski definition) is 1. The Morgan fingerprint density at radius 2 is 2.00 bits per heavy atom. The summed E-state index contributed by atoms with van der Waals surface area (Å²) in [6, 6.07) is 13.0. The molecule has 0 saturated carbocycles.